The fourth-order valence-corrected chi connectivity index (χ4v) is 0.802. The maximum Gasteiger partial charge on any atom is 0 e. The van der Waals surface area contributed by atoms with Crippen LogP contribution >= 0.6 is 0 Å². The first-order valence-electron chi connectivity index (χ1n) is 2.71. The SMILES string of the molecule is C1CCNCC1.O.[HH]. The summed E-state index contributed by atoms with van der Waals surface area (Å²) in [7, 11) is 0. The summed E-state index contributed by atoms with van der Waals surface area (Å²) in [6, 6.07) is 0. The van der Waals surface area contributed by atoms with Crippen molar-refractivity contribution in [3.8, 4) is 0 Å². The van der Waals surface area contributed by atoms with E-state index < -0.39 is 0 Å². The summed E-state index contributed by atoms with van der Waals surface area (Å²) in [5.74, 6) is 0. The fraction of sp³-hybridized carbons (Fsp3) is 1.00. The third-order valence-corrected chi connectivity index (χ3v) is 1.21. The van der Waals surface area contributed by atoms with E-state index in [2.05, 4.69) is 5.32 Å². The van der Waals surface area contributed by atoms with Gasteiger partial charge in [0.2, 0.25) is 0 Å². The molecule has 0 aromatic rings. The molecule has 0 amide bonds. The van der Waals surface area contributed by atoms with Crippen LogP contribution in [-0.2, 0) is 0 Å². The summed E-state index contributed by atoms with van der Waals surface area (Å²) in [5, 5.41) is 3.28. The molecule has 1 heterocycles. The monoisotopic (exact) mass is 105 g/mol. The van der Waals surface area contributed by atoms with Gasteiger partial charge in [0.15, 0.2) is 0 Å². The Morgan fingerprint density at radius 2 is 1.57 bits per heavy atom. The van der Waals surface area contributed by atoms with Crippen molar-refractivity contribution in [3.05, 3.63) is 0 Å². The first-order chi connectivity index (χ1) is 3.00. The Kier molecular flexibility index (Phi) is 4.04. The van der Waals surface area contributed by atoms with Gasteiger partial charge in [-0.1, -0.05) is 6.42 Å². The Morgan fingerprint density at radius 3 is 1.71 bits per heavy atom. The fourth-order valence-electron chi connectivity index (χ4n) is 0.802. The lowest BCUT2D eigenvalue weighted by Crippen LogP contribution is -2.21. The molecule has 0 spiro atoms. The Labute approximate surface area is 45.7 Å². The van der Waals surface area contributed by atoms with Crippen LogP contribution in [0.25, 0.3) is 0 Å². The molecule has 0 saturated carbocycles. The Morgan fingerprint density at radius 1 is 1.00 bits per heavy atom. The van der Waals surface area contributed by atoms with E-state index >= 15 is 0 Å². The molecule has 0 unspecified atom stereocenters. The Balaban J connectivity index is 0. The number of piperidine rings is 1. The van der Waals surface area contributed by atoms with E-state index in [1.807, 2.05) is 0 Å². The van der Waals surface area contributed by atoms with Gasteiger partial charge in [0.25, 0.3) is 0 Å². The maximum absolute atomic E-state index is 3.28. The van der Waals surface area contributed by atoms with Crippen LogP contribution in [0.3, 0.4) is 0 Å². The second kappa shape index (κ2) is 4.09. The van der Waals surface area contributed by atoms with Crippen molar-refractivity contribution in [1.29, 1.82) is 0 Å². The molecule has 0 aromatic carbocycles. The average molecular weight is 105 g/mol. The number of nitrogens with one attached hydrogen (secondary N) is 1. The third kappa shape index (κ3) is 2.60. The van der Waals surface area contributed by atoms with Crippen LogP contribution in [0.5, 0.6) is 0 Å². The zero-order chi connectivity index (χ0) is 4.24. The number of hydrogen-bond donors (Lipinski definition) is 1. The van der Waals surface area contributed by atoms with Gasteiger partial charge in [-0.2, -0.15) is 0 Å². The van der Waals surface area contributed by atoms with Gasteiger partial charge in [0.1, 0.15) is 0 Å². The third-order valence-electron chi connectivity index (χ3n) is 1.21. The molecule has 1 saturated heterocycles. The predicted molar refractivity (Wildman–Crippen MR) is 32.4 cm³/mol. The largest absolute Gasteiger partial charge is 0.412 e. The van der Waals surface area contributed by atoms with Crippen LogP contribution in [-0.4, -0.2) is 18.6 Å². The van der Waals surface area contributed by atoms with Crippen molar-refractivity contribution < 1.29 is 6.90 Å². The van der Waals surface area contributed by atoms with Crippen LogP contribution in [0.2, 0.25) is 0 Å². The molecule has 2 nitrogen and oxygen atoms in total. The summed E-state index contributed by atoms with van der Waals surface area (Å²) in [6.45, 7) is 2.50. The highest BCUT2D eigenvalue weighted by Crippen LogP contribution is 1.96. The van der Waals surface area contributed by atoms with E-state index in [0.717, 1.165) is 0 Å². The quantitative estimate of drug-likeness (QED) is 0.469. The minimum absolute atomic E-state index is 0. The van der Waals surface area contributed by atoms with E-state index in [9.17, 15) is 0 Å². The zero-order valence-electron chi connectivity index (χ0n) is 4.54. The van der Waals surface area contributed by atoms with Crippen molar-refractivity contribution in [1.82, 2.24) is 5.32 Å². The second-order valence-electron chi connectivity index (χ2n) is 1.81. The Bertz CT molecular complexity index is 27.9. The second-order valence-corrected chi connectivity index (χ2v) is 1.81. The van der Waals surface area contributed by atoms with Gasteiger partial charge in [-0.3, -0.25) is 0 Å². The van der Waals surface area contributed by atoms with Gasteiger partial charge in [0.05, 0.1) is 0 Å². The predicted octanol–water partition coefficient (Wildman–Crippen LogP) is 0.181. The molecule has 1 aliphatic rings. The topological polar surface area (TPSA) is 43.5 Å². The standard InChI is InChI=1S/C5H11N.H2O.H2/c1-2-4-6-5-3-1;;/h6H,1-5H2;1H2;1H. The molecule has 2 heteroatoms. The molecule has 1 fully saturated rings. The van der Waals surface area contributed by atoms with Crippen molar-refractivity contribution in [3.63, 3.8) is 0 Å². The molecule has 46 valence electrons. The molecule has 0 radical (unpaired) electrons. The molecular formula is C5H15NO. The Hall–Kier alpha value is -0.0800. The van der Waals surface area contributed by atoms with Gasteiger partial charge < -0.3 is 10.8 Å². The minimum Gasteiger partial charge on any atom is -0.412 e. The van der Waals surface area contributed by atoms with Crippen LogP contribution in [0.4, 0.5) is 0 Å². The highest BCUT2D eigenvalue weighted by atomic mass is 16.0. The summed E-state index contributed by atoms with van der Waals surface area (Å²) in [5.41, 5.74) is 0. The lowest BCUT2D eigenvalue weighted by Gasteiger charge is -2.08. The summed E-state index contributed by atoms with van der Waals surface area (Å²) in [4.78, 5) is 0. The maximum atomic E-state index is 3.28. The van der Waals surface area contributed by atoms with Gasteiger partial charge in [0, 0.05) is 1.43 Å². The molecule has 0 aromatic heterocycles. The van der Waals surface area contributed by atoms with E-state index in [1.54, 1.807) is 0 Å². The number of hydrogen-bond acceptors (Lipinski definition) is 1. The summed E-state index contributed by atoms with van der Waals surface area (Å²) in [6.07, 6.45) is 4.22. The van der Waals surface area contributed by atoms with Crippen LogP contribution in [0, 0.1) is 0 Å². The molecule has 1 rings (SSSR count). The van der Waals surface area contributed by atoms with E-state index in [4.69, 9.17) is 0 Å². The van der Waals surface area contributed by atoms with Crippen LogP contribution in [0.1, 0.15) is 20.7 Å². The number of rotatable bonds is 0. The molecule has 1 aliphatic heterocycles. The van der Waals surface area contributed by atoms with Crippen LogP contribution < -0.4 is 5.32 Å². The zero-order valence-corrected chi connectivity index (χ0v) is 4.54. The molecule has 0 aliphatic carbocycles. The lowest BCUT2D eigenvalue weighted by molar-refractivity contribution is 0.520. The summed E-state index contributed by atoms with van der Waals surface area (Å²) >= 11 is 0. The molecule has 7 heavy (non-hydrogen) atoms. The van der Waals surface area contributed by atoms with Gasteiger partial charge in [-0.25, -0.2) is 0 Å². The average Bonchev–Trinajstić information content (AvgIpc) is 1.72. The minimum atomic E-state index is 0. The van der Waals surface area contributed by atoms with Gasteiger partial charge >= 0.3 is 0 Å². The molecule has 3 N–H and O–H groups in total. The van der Waals surface area contributed by atoms with Gasteiger partial charge in [-0.15, -0.1) is 0 Å². The van der Waals surface area contributed by atoms with Crippen LogP contribution in [0.15, 0.2) is 0 Å². The molecule has 0 atom stereocenters. The normalized spacial score (nSPS) is 20.6. The molecule has 0 bridgehead atoms. The van der Waals surface area contributed by atoms with E-state index in [-0.39, 0.29) is 6.90 Å². The van der Waals surface area contributed by atoms with E-state index in [1.165, 1.54) is 32.4 Å². The highest BCUT2D eigenvalue weighted by molar-refractivity contribution is 4.55. The van der Waals surface area contributed by atoms with Crippen molar-refractivity contribution in [2.75, 3.05) is 13.1 Å². The smallest absolute Gasteiger partial charge is 0 e. The first-order valence-corrected chi connectivity index (χ1v) is 2.71. The van der Waals surface area contributed by atoms with E-state index in [0.29, 0.717) is 0 Å². The highest BCUT2D eigenvalue weighted by Gasteiger charge is 1.93. The van der Waals surface area contributed by atoms with Gasteiger partial charge in [-0.05, 0) is 25.9 Å². The van der Waals surface area contributed by atoms with Crippen molar-refractivity contribution >= 4 is 0 Å². The molecular weight excluding hydrogens is 90.1 g/mol. The summed E-state index contributed by atoms with van der Waals surface area (Å²) < 4.78 is 0. The van der Waals surface area contributed by atoms with Crippen molar-refractivity contribution in [2.24, 2.45) is 0 Å². The van der Waals surface area contributed by atoms with Crippen molar-refractivity contribution in [2.45, 2.75) is 19.3 Å². The lowest BCUT2D eigenvalue weighted by atomic mass is 10.2. The first kappa shape index (κ1) is 6.92.